The zero-order chi connectivity index (χ0) is 12.3. The highest BCUT2D eigenvalue weighted by molar-refractivity contribution is 5.89. The molecular formula is C10H6F3NO2. The predicted octanol–water partition coefficient (Wildman–Crippen LogP) is 2.36. The fourth-order valence-electron chi connectivity index (χ4n) is 1.13. The summed E-state index contributed by atoms with van der Waals surface area (Å²) in [7, 11) is 1.10. The lowest BCUT2D eigenvalue weighted by Crippen LogP contribution is -2.10. The normalized spacial score (nSPS) is 10.7. The molecule has 0 spiro atoms. The number of rotatable bonds is 1. The molecule has 0 fully saturated rings. The summed E-state index contributed by atoms with van der Waals surface area (Å²) in [6.07, 6.45) is -4.61. The lowest BCUT2D eigenvalue weighted by atomic mass is 10.0. The topological polar surface area (TPSA) is 50.1 Å². The Morgan fingerprint density at radius 3 is 2.50 bits per heavy atom. The van der Waals surface area contributed by atoms with Crippen LogP contribution >= 0.6 is 0 Å². The lowest BCUT2D eigenvalue weighted by molar-refractivity contribution is -0.137. The van der Waals surface area contributed by atoms with Gasteiger partial charge in [-0.2, -0.15) is 18.4 Å². The van der Waals surface area contributed by atoms with E-state index in [9.17, 15) is 18.0 Å². The number of esters is 1. The molecular weight excluding hydrogens is 223 g/mol. The van der Waals surface area contributed by atoms with Gasteiger partial charge in [-0.25, -0.2) is 4.79 Å². The van der Waals surface area contributed by atoms with E-state index in [1.807, 2.05) is 0 Å². The maximum absolute atomic E-state index is 12.4. The van der Waals surface area contributed by atoms with E-state index in [1.165, 1.54) is 6.07 Å². The molecule has 0 aliphatic heterocycles. The largest absolute Gasteiger partial charge is 0.465 e. The number of halogens is 3. The highest BCUT2D eigenvalue weighted by Gasteiger charge is 2.33. The van der Waals surface area contributed by atoms with Gasteiger partial charge in [-0.15, -0.1) is 0 Å². The van der Waals surface area contributed by atoms with Crippen molar-refractivity contribution in [1.82, 2.24) is 0 Å². The highest BCUT2D eigenvalue weighted by atomic mass is 19.4. The Labute approximate surface area is 89.1 Å². The molecule has 1 aromatic carbocycles. The Morgan fingerprint density at radius 2 is 2.06 bits per heavy atom. The number of nitrogens with zero attached hydrogens (tertiary/aromatic N) is 1. The predicted molar refractivity (Wildman–Crippen MR) is 47.5 cm³/mol. The van der Waals surface area contributed by atoms with Crippen molar-refractivity contribution in [2.75, 3.05) is 7.11 Å². The molecule has 0 aromatic heterocycles. The van der Waals surface area contributed by atoms with Crippen LogP contribution in [0.15, 0.2) is 18.2 Å². The number of methoxy groups -OCH3 is 1. The Bertz CT molecular complexity index is 460. The molecule has 0 unspecified atom stereocenters. The van der Waals surface area contributed by atoms with Crippen LogP contribution in [0, 0.1) is 11.3 Å². The van der Waals surface area contributed by atoms with Crippen molar-refractivity contribution in [2.24, 2.45) is 0 Å². The number of alkyl halides is 3. The summed E-state index contributed by atoms with van der Waals surface area (Å²) in [5.74, 6) is -0.787. The van der Waals surface area contributed by atoms with Crippen LogP contribution in [0.1, 0.15) is 21.5 Å². The summed E-state index contributed by atoms with van der Waals surface area (Å²) in [6.45, 7) is 0. The van der Waals surface area contributed by atoms with E-state index >= 15 is 0 Å². The first-order chi connectivity index (χ1) is 7.40. The summed E-state index contributed by atoms with van der Waals surface area (Å²) >= 11 is 0. The van der Waals surface area contributed by atoms with E-state index in [4.69, 9.17) is 5.26 Å². The van der Waals surface area contributed by atoms with Crippen molar-refractivity contribution in [3.63, 3.8) is 0 Å². The highest BCUT2D eigenvalue weighted by Crippen LogP contribution is 2.32. The molecule has 0 aliphatic carbocycles. The van der Waals surface area contributed by atoms with E-state index in [1.54, 1.807) is 0 Å². The van der Waals surface area contributed by atoms with Gasteiger partial charge in [0.05, 0.1) is 29.9 Å². The van der Waals surface area contributed by atoms with Gasteiger partial charge in [-0.3, -0.25) is 0 Å². The molecule has 0 amide bonds. The molecule has 16 heavy (non-hydrogen) atoms. The minimum Gasteiger partial charge on any atom is -0.465 e. The third-order valence-electron chi connectivity index (χ3n) is 1.87. The standard InChI is InChI=1S/C10H6F3NO2/c1-16-9(15)6-2-3-8(10(11,12)13)7(4-6)5-14/h2-4H,1H3. The second-order valence-corrected chi connectivity index (χ2v) is 2.86. The summed E-state index contributed by atoms with van der Waals surface area (Å²) < 4.78 is 41.5. The lowest BCUT2D eigenvalue weighted by Gasteiger charge is -2.09. The molecule has 3 nitrogen and oxygen atoms in total. The van der Waals surface area contributed by atoms with Gasteiger partial charge in [0.2, 0.25) is 0 Å². The molecule has 1 rings (SSSR count). The molecule has 0 aliphatic rings. The minimum absolute atomic E-state index is 0.0907. The molecule has 0 bridgehead atoms. The molecule has 6 heteroatoms. The molecule has 0 saturated carbocycles. The Morgan fingerprint density at radius 1 is 1.44 bits per heavy atom. The van der Waals surface area contributed by atoms with E-state index in [2.05, 4.69) is 4.74 Å². The van der Waals surface area contributed by atoms with Gasteiger partial charge in [-0.1, -0.05) is 0 Å². The Balaban J connectivity index is 3.29. The van der Waals surface area contributed by atoms with Gasteiger partial charge in [-0.05, 0) is 18.2 Å². The molecule has 0 heterocycles. The number of hydrogen-bond acceptors (Lipinski definition) is 3. The average Bonchev–Trinajstić information content (AvgIpc) is 2.25. The third kappa shape index (κ3) is 2.31. The van der Waals surface area contributed by atoms with Crippen LogP contribution < -0.4 is 0 Å². The number of hydrogen-bond donors (Lipinski definition) is 0. The first-order valence-corrected chi connectivity index (χ1v) is 4.10. The Kier molecular flexibility index (Phi) is 3.18. The van der Waals surface area contributed by atoms with Crippen molar-refractivity contribution in [3.05, 3.63) is 34.9 Å². The van der Waals surface area contributed by atoms with E-state index in [0.29, 0.717) is 6.07 Å². The smallest absolute Gasteiger partial charge is 0.417 e. The fraction of sp³-hybridized carbons (Fsp3) is 0.200. The first-order valence-electron chi connectivity index (χ1n) is 4.10. The second-order valence-electron chi connectivity index (χ2n) is 2.86. The summed E-state index contributed by atoms with van der Waals surface area (Å²) in [5, 5.41) is 8.56. The average molecular weight is 229 g/mol. The van der Waals surface area contributed by atoms with Crippen molar-refractivity contribution in [1.29, 1.82) is 5.26 Å². The van der Waals surface area contributed by atoms with Crippen molar-refractivity contribution in [3.8, 4) is 6.07 Å². The maximum Gasteiger partial charge on any atom is 0.417 e. The monoisotopic (exact) mass is 229 g/mol. The number of ether oxygens (including phenoxy) is 1. The number of benzene rings is 1. The van der Waals surface area contributed by atoms with Gasteiger partial charge in [0, 0.05) is 0 Å². The molecule has 0 N–H and O–H groups in total. The van der Waals surface area contributed by atoms with Gasteiger partial charge in [0.25, 0.3) is 0 Å². The maximum atomic E-state index is 12.4. The number of carbonyl (C=O) groups is 1. The van der Waals surface area contributed by atoms with Gasteiger partial charge in [0.1, 0.15) is 0 Å². The van der Waals surface area contributed by atoms with Crippen LogP contribution in [0.5, 0.6) is 0 Å². The van der Waals surface area contributed by atoms with Gasteiger partial charge < -0.3 is 4.74 Å². The zero-order valence-corrected chi connectivity index (χ0v) is 8.13. The Hall–Kier alpha value is -2.03. The summed E-state index contributed by atoms with van der Waals surface area (Å²) in [4.78, 5) is 11.0. The quantitative estimate of drug-likeness (QED) is 0.694. The van der Waals surface area contributed by atoms with Crippen LogP contribution in [0.25, 0.3) is 0 Å². The molecule has 0 radical (unpaired) electrons. The SMILES string of the molecule is COC(=O)c1ccc(C(F)(F)F)c(C#N)c1. The molecule has 84 valence electrons. The van der Waals surface area contributed by atoms with Gasteiger partial charge >= 0.3 is 12.1 Å². The number of carbonyl (C=O) groups excluding carboxylic acids is 1. The van der Waals surface area contributed by atoms with Gasteiger partial charge in [0.15, 0.2) is 0 Å². The van der Waals surface area contributed by atoms with Crippen molar-refractivity contribution < 1.29 is 22.7 Å². The van der Waals surface area contributed by atoms with Crippen LogP contribution in [0.4, 0.5) is 13.2 Å². The zero-order valence-electron chi connectivity index (χ0n) is 8.13. The van der Waals surface area contributed by atoms with Crippen molar-refractivity contribution in [2.45, 2.75) is 6.18 Å². The van der Waals surface area contributed by atoms with Crippen molar-refractivity contribution >= 4 is 5.97 Å². The van der Waals surface area contributed by atoms with Crippen LogP contribution in [0.2, 0.25) is 0 Å². The van der Waals surface area contributed by atoms with E-state index in [-0.39, 0.29) is 5.56 Å². The number of nitriles is 1. The van der Waals surface area contributed by atoms with Crippen LogP contribution in [-0.4, -0.2) is 13.1 Å². The fourth-order valence-corrected chi connectivity index (χ4v) is 1.13. The third-order valence-corrected chi connectivity index (χ3v) is 1.87. The summed E-state index contributed by atoms with van der Waals surface area (Å²) in [6, 6.07) is 3.90. The summed E-state index contributed by atoms with van der Waals surface area (Å²) in [5.41, 5.74) is -1.76. The first kappa shape index (κ1) is 12.0. The van der Waals surface area contributed by atoms with E-state index in [0.717, 1.165) is 19.2 Å². The second kappa shape index (κ2) is 4.23. The van der Waals surface area contributed by atoms with Crippen LogP contribution in [-0.2, 0) is 10.9 Å². The molecule has 0 atom stereocenters. The molecule has 1 aromatic rings. The molecule has 0 saturated heterocycles. The minimum atomic E-state index is -4.61. The van der Waals surface area contributed by atoms with E-state index < -0.39 is 23.3 Å². The van der Waals surface area contributed by atoms with Crippen LogP contribution in [0.3, 0.4) is 0 Å².